The molecule has 3 rings (SSSR count). The highest BCUT2D eigenvalue weighted by Crippen LogP contribution is 2.23. The van der Waals surface area contributed by atoms with Gasteiger partial charge in [0, 0.05) is 33.9 Å². The van der Waals surface area contributed by atoms with Crippen molar-refractivity contribution >= 4 is 22.7 Å². The summed E-state index contributed by atoms with van der Waals surface area (Å²) in [4.78, 5) is 0. The standard InChI is InChI=1S/C14H14N8/c15-9-1-7(2-10(16)5-9)13-19-21-14(22-20-13)8-3-11(17)6-12(18)4-8/h1-6H,15-18H2. The second-order valence-electron chi connectivity index (χ2n) is 4.82. The van der Waals surface area contributed by atoms with Crippen LogP contribution in [-0.4, -0.2) is 20.4 Å². The molecule has 8 N–H and O–H groups in total. The molecule has 0 amide bonds. The summed E-state index contributed by atoms with van der Waals surface area (Å²) in [5.41, 5.74) is 26.4. The fourth-order valence-corrected chi connectivity index (χ4v) is 2.07. The largest absolute Gasteiger partial charge is 0.399 e. The van der Waals surface area contributed by atoms with Gasteiger partial charge in [-0.05, 0) is 36.4 Å². The summed E-state index contributed by atoms with van der Waals surface area (Å²) in [6.07, 6.45) is 0. The molecule has 0 atom stereocenters. The maximum atomic E-state index is 5.75. The van der Waals surface area contributed by atoms with Gasteiger partial charge in [-0.2, -0.15) is 0 Å². The summed E-state index contributed by atoms with van der Waals surface area (Å²) in [6, 6.07) is 10.1. The lowest BCUT2D eigenvalue weighted by Crippen LogP contribution is -2.01. The molecule has 1 heterocycles. The molecule has 0 unspecified atom stereocenters. The Labute approximate surface area is 126 Å². The summed E-state index contributed by atoms with van der Waals surface area (Å²) in [6.45, 7) is 0. The molecule has 22 heavy (non-hydrogen) atoms. The molecule has 1 aromatic heterocycles. The first kappa shape index (κ1) is 13.6. The van der Waals surface area contributed by atoms with Gasteiger partial charge < -0.3 is 22.9 Å². The van der Waals surface area contributed by atoms with Crippen LogP contribution in [0.2, 0.25) is 0 Å². The van der Waals surface area contributed by atoms with Crippen LogP contribution in [-0.2, 0) is 0 Å². The van der Waals surface area contributed by atoms with Gasteiger partial charge in [-0.3, -0.25) is 0 Å². The lowest BCUT2D eigenvalue weighted by atomic mass is 10.1. The number of rotatable bonds is 2. The number of benzene rings is 2. The van der Waals surface area contributed by atoms with Crippen LogP contribution in [0.3, 0.4) is 0 Å². The van der Waals surface area contributed by atoms with E-state index in [-0.39, 0.29) is 0 Å². The van der Waals surface area contributed by atoms with Gasteiger partial charge in [-0.1, -0.05) is 0 Å². The predicted molar refractivity (Wildman–Crippen MR) is 86.1 cm³/mol. The van der Waals surface area contributed by atoms with Crippen molar-refractivity contribution in [1.82, 2.24) is 20.4 Å². The van der Waals surface area contributed by atoms with Gasteiger partial charge in [-0.15, -0.1) is 20.4 Å². The Morgan fingerprint density at radius 3 is 1.00 bits per heavy atom. The van der Waals surface area contributed by atoms with E-state index in [1.54, 1.807) is 36.4 Å². The SMILES string of the molecule is Nc1cc(N)cc(-c2nnc(-c3cc(N)cc(N)c3)nn2)c1. The Bertz CT molecular complexity index is 718. The number of hydrogen-bond acceptors (Lipinski definition) is 8. The number of nitrogens with zero attached hydrogens (tertiary/aromatic N) is 4. The summed E-state index contributed by atoms with van der Waals surface area (Å²) in [5, 5.41) is 16.2. The van der Waals surface area contributed by atoms with Crippen LogP contribution in [0.1, 0.15) is 0 Å². The van der Waals surface area contributed by atoms with Crippen LogP contribution < -0.4 is 22.9 Å². The lowest BCUT2D eigenvalue weighted by Gasteiger charge is -2.04. The molecule has 8 heteroatoms. The molecular weight excluding hydrogens is 280 g/mol. The second kappa shape index (κ2) is 5.17. The molecule has 0 fully saturated rings. The van der Waals surface area contributed by atoms with E-state index in [1.807, 2.05) is 0 Å². The third-order valence-corrected chi connectivity index (χ3v) is 2.95. The Kier molecular flexibility index (Phi) is 3.18. The Morgan fingerprint density at radius 1 is 0.455 bits per heavy atom. The van der Waals surface area contributed by atoms with E-state index in [4.69, 9.17) is 22.9 Å². The quantitative estimate of drug-likeness (QED) is 0.508. The molecule has 0 spiro atoms. The van der Waals surface area contributed by atoms with Crippen molar-refractivity contribution < 1.29 is 0 Å². The minimum absolute atomic E-state index is 0.333. The first-order valence-electron chi connectivity index (χ1n) is 6.41. The maximum absolute atomic E-state index is 5.75. The molecule has 3 aromatic rings. The van der Waals surface area contributed by atoms with Crippen LogP contribution in [0.25, 0.3) is 22.8 Å². The molecule has 2 aromatic carbocycles. The van der Waals surface area contributed by atoms with E-state index in [2.05, 4.69) is 20.4 Å². The molecule has 0 saturated heterocycles. The number of nitrogen functional groups attached to an aromatic ring is 4. The number of nitrogens with two attached hydrogens (primary N) is 4. The first-order chi connectivity index (χ1) is 10.5. The average molecular weight is 294 g/mol. The van der Waals surface area contributed by atoms with Crippen molar-refractivity contribution in [3.8, 4) is 22.8 Å². The normalized spacial score (nSPS) is 10.5. The fourth-order valence-electron chi connectivity index (χ4n) is 2.07. The highest BCUT2D eigenvalue weighted by molar-refractivity contribution is 5.69. The minimum atomic E-state index is 0.333. The van der Waals surface area contributed by atoms with E-state index < -0.39 is 0 Å². The van der Waals surface area contributed by atoms with Crippen molar-refractivity contribution in [2.45, 2.75) is 0 Å². The monoisotopic (exact) mass is 294 g/mol. The average Bonchev–Trinajstić information content (AvgIpc) is 2.45. The van der Waals surface area contributed by atoms with Crippen molar-refractivity contribution in [2.24, 2.45) is 0 Å². The van der Waals surface area contributed by atoms with E-state index in [0.29, 0.717) is 45.5 Å². The Morgan fingerprint density at radius 2 is 0.727 bits per heavy atom. The predicted octanol–water partition coefficient (Wildman–Crippen LogP) is 0.929. The highest BCUT2D eigenvalue weighted by Gasteiger charge is 2.09. The molecule has 0 aliphatic rings. The first-order valence-corrected chi connectivity index (χ1v) is 6.41. The molecule has 8 nitrogen and oxygen atoms in total. The summed E-state index contributed by atoms with van der Waals surface area (Å²) in [7, 11) is 0. The number of anilines is 4. The van der Waals surface area contributed by atoms with E-state index >= 15 is 0 Å². The van der Waals surface area contributed by atoms with Gasteiger partial charge in [0.05, 0.1) is 0 Å². The molecule has 0 aliphatic heterocycles. The molecule has 110 valence electrons. The van der Waals surface area contributed by atoms with Crippen molar-refractivity contribution in [2.75, 3.05) is 22.9 Å². The zero-order valence-electron chi connectivity index (χ0n) is 11.6. The van der Waals surface area contributed by atoms with Crippen LogP contribution in [0, 0.1) is 0 Å². The van der Waals surface area contributed by atoms with Crippen molar-refractivity contribution in [1.29, 1.82) is 0 Å². The van der Waals surface area contributed by atoms with E-state index in [0.717, 1.165) is 0 Å². The summed E-state index contributed by atoms with van der Waals surface area (Å²) in [5.74, 6) is 0.666. The molecule has 0 radical (unpaired) electrons. The molecular formula is C14H14N8. The Hall–Kier alpha value is -3.42. The third-order valence-electron chi connectivity index (χ3n) is 2.95. The number of aromatic nitrogens is 4. The van der Waals surface area contributed by atoms with Gasteiger partial charge in [0.1, 0.15) is 0 Å². The Balaban J connectivity index is 1.98. The second-order valence-corrected chi connectivity index (χ2v) is 4.82. The zero-order chi connectivity index (χ0) is 15.7. The van der Waals surface area contributed by atoms with E-state index in [9.17, 15) is 0 Å². The molecule has 0 aliphatic carbocycles. The van der Waals surface area contributed by atoms with Crippen molar-refractivity contribution in [3.63, 3.8) is 0 Å². The van der Waals surface area contributed by atoms with Crippen LogP contribution in [0.15, 0.2) is 36.4 Å². The lowest BCUT2D eigenvalue weighted by molar-refractivity contribution is 0.876. The highest BCUT2D eigenvalue weighted by atomic mass is 15.3. The topological polar surface area (TPSA) is 156 Å². The van der Waals surface area contributed by atoms with Gasteiger partial charge in [0.25, 0.3) is 0 Å². The maximum Gasteiger partial charge on any atom is 0.203 e. The minimum Gasteiger partial charge on any atom is -0.399 e. The molecule has 0 saturated carbocycles. The summed E-state index contributed by atoms with van der Waals surface area (Å²) < 4.78 is 0. The number of hydrogen-bond donors (Lipinski definition) is 4. The molecule has 0 bridgehead atoms. The van der Waals surface area contributed by atoms with Gasteiger partial charge in [-0.25, -0.2) is 0 Å². The van der Waals surface area contributed by atoms with Crippen LogP contribution >= 0.6 is 0 Å². The van der Waals surface area contributed by atoms with Gasteiger partial charge in [0.2, 0.25) is 11.6 Å². The fraction of sp³-hybridized carbons (Fsp3) is 0. The van der Waals surface area contributed by atoms with Gasteiger partial charge >= 0.3 is 0 Å². The van der Waals surface area contributed by atoms with Crippen molar-refractivity contribution in [3.05, 3.63) is 36.4 Å². The van der Waals surface area contributed by atoms with E-state index in [1.165, 1.54) is 0 Å². The van der Waals surface area contributed by atoms with Crippen LogP contribution in [0.4, 0.5) is 22.7 Å². The third kappa shape index (κ3) is 2.70. The summed E-state index contributed by atoms with van der Waals surface area (Å²) >= 11 is 0. The van der Waals surface area contributed by atoms with Crippen LogP contribution in [0.5, 0.6) is 0 Å². The zero-order valence-corrected chi connectivity index (χ0v) is 11.6. The van der Waals surface area contributed by atoms with Gasteiger partial charge in [0.15, 0.2) is 0 Å². The smallest absolute Gasteiger partial charge is 0.203 e.